The largest absolute Gasteiger partial charge is 0.353 e. The molecule has 0 spiro atoms. The highest BCUT2D eigenvalue weighted by Crippen LogP contribution is 2.41. The molecule has 1 aromatic carbocycles. The number of rotatable bonds is 3. The van der Waals surface area contributed by atoms with E-state index < -0.39 is 11.1 Å². The van der Waals surface area contributed by atoms with Crippen LogP contribution in [0.15, 0.2) is 18.2 Å². The number of halogens is 1. The minimum atomic E-state index is -0.526. The van der Waals surface area contributed by atoms with Gasteiger partial charge in [0, 0.05) is 35.6 Å². The molecule has 0 saturated carbocycles. The Kier molecular flexibility index (Phi) is 4.57. The summed E-state index contributed by atoms with van der Waals surface area (Å²) in [5.41, 5.74) is 2.27. The molecule has 3 heterocycles. The Hall–Kier alpha value is -2.16. The molecule has 0 radical (unpaired) electrons. The lowest BCUT2D eigenvalue weighted by Crippen LogP contribution is -2.39. The zero-order valence-electron chi connectivity index (χ0n) is 14.9. The number of nitro benzene ring substituents is 1. The van der Waals surface area contributed by atoms with Crippen molar-refractivity contribution in [2.75, 3.05) is 11.9 Å². The molecule has 2 aliphatic rings. The van der Waals surface area contributed by atoms with Crippen LogP contribution < -0.4 is 10.6 Å². The molecule has 0 aliphatic carbocycles. The van der Waals surface area contributed by atoms with Crippen LogP contribution in [0.4, 0.5) is 10.7 Å². The maximum Gasteiger partial charge on any atom is 0.288 e. The molecule has 2 aliphatic heterocycles. The second kappa shape index (κ2) is 6.78. The van der Waals surface area contributed by atoms with Gasteiger partial charge in [-0.15, -0.1) is 11.3 Å². The number of nitrogens with zero attached hydrogens (tertiary/aromatic N) is 2. The highest BCUT2D eigenvalue weighted by atomic mass is 35.5. The van der Waals surface area contributed by atoms with Crippen LogP contribution in [0.1, 0.15) is 46.4 Å². The molecular formula is C18H19ClN4O3S. The fourth-order valence-electron chi connectivity index (χ4n) is 3.59. The molecule has 7 nitrogen and oxygen atoms in total. The molecule has 4 rings (SSSR count). The van der Waals surface area contributed by atoms with Gasteiger partial charge < -0.3 is 10.6 Å². The van der Waals surface area contributed by atoms with Crippen LogP contribution in [0, 0.1) is 10.1 Å². The minimum Gasteiger partial charge on any atom is -0.353 e. The molecule has 0 bridgehead atoms. The number of anilines is 1. The molecule has 0 fully saturated rings. The number of carbonyl (C=O) groups excluding carboxylic acids is 1. The van der Waals surface area contributed by atoms with Crippen molar-refractivity contribution in [2.24, 2.45) is 0 Å². The van der Waals surface area contributed by atoms with Gasteiger partial charge in [-0.1, -0.05) is 17.7 Å². The standard InChI is InChI=1S/C18H19ClN4O3S/c1-9(2)22-6-5-11-14(8-22)27-18-15(11)17(24)20-16(21-18)10-3-4-12(19)13(7-10)23(25)26/h3-4,7,9,16,21H,5-6,8H2,1-2H3,(H,20,24)/t16-/m1/s1. The normalized spacial score (nSPS) is 19.3. The predicted octanol–water partition coefficient (Wildman–Crippen LogP) is 3.93. The third-order valence-corrected chi connectivity index (χ3v) is 6.56. The average Bonchev–Trinajstić information content (AvgIpc) is 2.99. The second-order valence-corrected chi connectivity index (χ2v) is 8.55. The van der Waals surface area contributed by atoms with E-state index in [0.29, 0.717) is 11.6 Å². The van der Waals surface area contributed by atoms with E-state index in [0.717, 1.165) is 35.6 Å². The summed E-state index contributed by atoms with van der Waals surface area (Å²) in [6.07, 6.45) is 0.327. The van der Waals surface area contributed by atoms with Crippen molar-refractivity contribution < 1.29 is 9.72 Å². The molecule has 0 saturated heterocycles. The maximum absolute atomic E-state index is 12.8. The summed E-state index contributed by atoms with van der Waals surface area (Å²) in [5, 5.41) is 18.3. The van der Waals surface area contributed by atoms with Crippen molar-refractivity contribution >= 4 is 39.5 Å². The number of hydrogen-bond acceptors (Lipinski definition) is 6. The number of nitrogens with one attached hydrogen (secondary N) is 2. The molecule has 2 aromatic rings. The maximum atomic E-state index is 12.8. The lowest BCUT2D eigenvalue weighted by molar-refractivity contribution is -0.384. The van der Waals surface area contributed by atoms with Gasteiger partial charge >= 0.3 is 0 Å². The molecule has 1 atom stereocenters. The summed E-state index contributed by atoms with van der Waals surface area (Å²) in [6.45, 7) is 6.13. The molecule has 27 heavy (non-hydrogen) atoms. The predicted molar refractivity (Wildman–Crippen MR) is 106 cm³/mol. The molecule has 2 N–H and O–H groups in total. The van der Waals surface area contributed by atoms with Crippen LogP contribution in [0.3, 0.4) is 0 Å². The van der Waals surface area contributed by atoms with Gasteiger partial charge in [-0.2, -0.15) is 0 Å². The summed E-state index contributed by atoms with van der Waals surface area (Å²) < 4.78 is 0. The summed E-state index contributed by atoms with van der Waals surface area (Å²) in [4.78, 5) is 27.0. The molecule has 0 unspecified atom stereocenters. The van der Waals surface area contributed by atoms with Gasteiger partial charge in [0.1, 0.15) is 16.2 Å². The fraction of sp³-hybridized carbons (Fsp3) is 0.389. The van der Waals surface area contributed by atoms with Crippen LogP contribution in [0.2, 0.25) is 5.02 Å². The third-order valence-electron chi connectivity index (χ3n) is 5.09. The van der Waals surface area contributed by atoms with Crippen molar-refractivity contribution in [3.05, 3.63) is 54.9 Å². The smallest absolute Gasteiger partial charge is 0.288 e. The first-order valence-corrected chi connectivity index (χ1v) is 9.94. The quantitative estimate of drug-likeness (QED) is 0.595. The lowest BCUT2D eigenvalue weighted by atomic mass is 9.99. The van der Waals surface area contributed by atoms with E-state index in [-0.39, 0.29) is 16.6 Å². The van der Waals surface area contributed by atoms with E-state index in [1.54, 1.807) is 17.4 Å². The number of hydrogen-bond donors (Lipinski definition) is 2. The number of carbonyl (C=O) groups is 1. The van der Waals surface area contributed by atoms with E-state index in [1.807, 2.05) is 0 Å². The first-order chi connectivity index (χ1) is 12.8. The molecule has 1 aromatic heterocycles. The summed E-state index contributed by atoms with van der Waals surface area (Å²) in [7, 11) is 0. The Morgan fingerprint density at radius 3 is 2.85 bits per heavy atom. The second-order valence-electron chi connectivity index (χ2n) is 7.04. The van der Waals surface area contributed by atoms with Gasteiger partial charge in [0.05, 0.1) is 10.5 Å². The van der Waals surface area contributed by atoms with Crippen molar-refractivity contribution in [1.82, 2.24) is 10.2 Å². The summed E-state index contributed by atoms with van der Waals surface area (Å²) >= 11 is 7.50. The first-order valence-electron chi connectivity index (χ1n) is 8.75. The molecule has 142 valence electrons. The Morgan fingerprint density at radius 1 is 1.37 bits per heavy atom. The van der Waals surface area contributed by atoms with Gasteiger partial charge in [0.2, 0.25) is 0 Å². The van der Waals surface area contributed by atoms with Crippen molar-refractivity contribution in [1.29, 1.82) is 0 Å². The zero-order chi connectivity index (χ0) is 19.3. The van der Waals surface area contributed by atoms with Crippen molar-refractivity contribution in [3.63, 3.8) is 0 Å². The van der Waals surface area contributed by atoms with Gasteiger partial charge in [-0.25, -0.2) is 0 Å². The highest BCUT2D eigenvalue weighted by Gasteiger charge is 2.34. The minimum absolute atomic E-state index is 0.0759. The SMILES string of the molecule is CC(C)N1CCc2c(sc3c2C(=O)N[C@@H](c2ccc(Cl)c([N+](=O)[O-])c2)N3)C1. The van der Waals surface area contributed by atoms with Crippen LogP contribution in [-0.2, 0) is 13.0 Å². The monoisotopic (exact) mass is 406 g/mol. The number of thiophene rings is 1. The number of benzene rings is 1. The first kappa shape index (κ1) is 18.2. The zero-order valence-corrected chi connectivity index (χ0v) is 16.5. The Morgan fingerprint density at radius 2 is 2.15 bits per heavy atom. The number of nitro groups is 1. The topological polar surface area (TPSA) is 87.5 Å². The van der Waals surface area contributed by atoms with E-state index >= 15 is 0 Å². The Bertz CT molecular complexity index is 943. The van der Waals surface area contributed by atoms with Crippen molar-refractivity contribution in [2.45, 2.75) is 39.0 Å². The van der Waals surface area contributed by atoms with Gasteiger partial charge in [0.15, 0.2) is 0 Å². The van der Waals surface area contributed by atoms with E-state index in [2.05, 4.69) is 29.4 Å². The van der Waals surface area contributed by atoms with E-state index in [1.165, 1.54) is 17.0 Å². The Labute approximate surface area is 165 Å². The molecule has 9 heteroatoms. The van der Waals surface area contributed by atoms with Crippen LogP contribution in [0.25, 0.3) is 0 Å². The average molecular weight is 407 g/mol. The fourth-order valence-corrected chi connectivity index (χ4v) is 5.08. The van der Waals surface area contributed by atoms with Crippen LogP contribution in [-0.4, -0.2) is 28.3 Å². The van der Waals surface area contributed by atoms with E-state index in [4.69, 9.17) is 11.6 Å². The number of fused-ring (bicyclic) bond motifs is 3. The van der Waals surface area contributed by atoms with Gasteiger partial charge in [-0.05, 0) is 31.9 Å². The van der Waals surface area contributed by atoms with Crippen LogP contribution in [0.5, 0.6) is 0 Å². The van der Waals surface area contributed by atoms with Gasteiger partial charge in [-0.3, -0.25) is 19.8 Å². The molecular weight excluding hydrogens is 388 g/mol. The van der Waals surface area contributed by atoms with Crippen molar-refractivity contribution in [3.8, 4) is 0 Å². The summed E-state index contributed by atoms with van der Waals surface area (Å²) in [6, 6.07) is 5.03. The molecule has 1 amide bonds. The summed E-state index contributed by atoms with van der Waals surface area (Å²) in [5.74, 6) is -0.137. The number of amides is 1. The van der Waals surface area contributed by atoms with Crippen LogP contribution >= 0.6 is 22.9 Å². The van der Waals surface area contributed by atoms with E-state index in [9.17, 15) is 14.9 Å². The Balaban J connectivity index is 1.66. The third kappa shape index (κ3) is 3.18. The highest BCUT2D eigenvalue weighted by molar-refractivity contribution is 7.16. The lowest BCUT2D eigenvalue weighted by Gasteiger charge is -2.30. The van der Waals surface area contributed by atoms with Gasteiger partial charge in [0.25, 0.3) is 11.6 Å².